The molecule has 1 heterocycles. The average molecular weight is 300 g/mol. The molecule has 1 aromatic carbocycles. The van der Waals surface area contributed by atoms with Crippen molar-refractivity contribution in [2.24, 2.45) is 0 Å². The van der Waals surface area contributed by atoms with Crippen LogP contribution in [0.5, 0.6) is 5.75 Å². The monoisotopic (exact) mass is 300 g/mol. The Morgan fingerprint density at radius 3 is 2.85 bits per heavy atom. The number of aliphatic hydroxyl groups is 1. The Kier molecular flexibility index (Phi) is 3.98. The summed E-state index contributed by atoms with van der Waals surface area (Å²) in [5.41, 5.74) is 0.326. The second-order valence-electron chi connectivity index (χ2n) is 4.55. The van der Waals surface area contributed by atoms with Gasteiger partial charge in [0.15, 0.2) is 6.61 Å². The van der Waals surface area contributed by atoms with E-state index < -0.39 is 16.1 Å². The van der Waals surface area contributed by atoms with E-state index in [4.69, 9.17) is 9.84 Å². The molecule has 0 radical (unpaired) electrons. The van der Waals surface area contributed by atoms with Crippen LogP contribution < -0.4 is 10.1 Å². The first-order valence-corrected chi connectivity index (χ1v) is 7.46. The Morgan fingerprint density at radius 2 is 2.20 bits per heavy atom. The molecule has 2 rings (SSSR count). The predicted octanol–water partition coefficient (Wildman–Crippen LogP) is 0.0188. The Hall–Kier alpha value is -1.64. The van der Waals surface area contributed by atoms with Gasteiger partial charge < -0.3 is 15.2 Å². The first kappa shape index (κ1) is 14.8. The Bertz CT molecular complexity index is 629. The topological polar surface area (TPSA) is 95.9 Å². The minimum absolute atomic E-state index is 0.0323. The lowest BCUT2D eigenvalue weighted by atomic mass is 10.2. The molecule has 0 saturated carbocycles. The molecule has 0 aliphatic carbocycles. The zero-order valence-electron chi connectivity index (χ0n) is 11.2. The van der Waals surface area contributed by atoms with Gasteiger partial charge in [-0.3, -0.25) is 4.79 Å². The number of rotatable bonds is 4. The van der Waals surface area contributed by atoms with E-state index in [1.807, 2.05) is 0 Å². The number of sulfonamides is 1. The van der Waals surface area contributed by atoms with Crippen molar-refractivity contribution in [1.82, 2.24) is 4.31 Å². The molecule has 7 nitrogen and oxygen atoms in total. The first-order chi connectivity index (χ1) is 9.36. The van der Waals surface area contributed by atoms with Crippen molar-refractivity contribution in [3.05, 3.63) is 18.2 Å². The molecule has 0 fully saturated rings. The molecule has 0 aromatic heterocycles. The molecule has 1 aliphatic heterocycles. The summed E-state index contributed by atoms with van der Waals surface area (Å²) in [6.07, 6.45) is 0. The highest BCUT2D eigenvalue weighted by atomic mass is 32.2. The van der Waals surface area contributed by atoms with Gasteiger partial charge >= 0.3 is 0 Å². The van der Waals surface area contributed by atoms with E-state index in [1.54, 1.807) is 6.92 Å². The van der Waals surface area contributed by atoms with Gasteiger partial charge in [-0.2, -0.15) is 4.31 Å². The second-order valence-corrected chi connectivity index (χ2v) is 6.55. The van der Waals surface area contributed by atoms with Crippen molar-refractivity contribution in [1.29, 1.82) is 0 Å². The van der Waals surface area contributed by atoms with Crippen LogP contribution in [0.4, 0.5) is 5.69 Å². The molecule has 0 spiro atoms. The van der Waals surface area contributed by atoms with Crippen LogP contribution in [0.1, 0.15) is 6.92 Å². The van der Waals surface area contributed by atoms with Crippen LogP contribution in [0.3, 0.4) is 0 Å². The van der Waals surface area contributed by atoms with Crippen molar-refractivity contribution >= 4 is 21.6 Å². The summed E-state index contributed by atoms with van der Waals surface area (Å²) in [6, 6.07) is 3.72. The third-order valence-corrected chi connectivity index (χ3v) is 5.11. The molecule has 110 valence electrons. The molecule has 2 N–H and O–H groups in total. The van der Waals surface area contributed by atoms with Gasteiger partial charge in [0, 0.05) is 13.1 Å². The van der Waals surface area contributed by atoms with E-state index in [0.29, 0.717) is 11.4 Å². The molecule has 8 heteroatoms. The van der Waals surface area contributed by atoms with E-state index in [9.17, 15) is 13.2 Å². The lowest BCUT2D eigenvalue weighted by Gasteiger charge is -2.24. The molecule has 1 atom stereocenters. The quantitative estimate of drug-likeness (QED) is 0.817. The first-order valence-electron chi connectivity index (χ1n) is 6.02. The van der Waals surface area contributed by atoms with Crippen molar-refractivity contribution < 1.29 is 23.1 Å². The van der Waals surface area contributed by atoms with Crippen LogP contribution in [0.2, 0.25) is 0 Å². The van der Waals surface area contributed by atoms with Gasteiger partial charge in [0.25, 0.3) is 5.91 Å². The minimum atomic E-state index is -3.73. The summed E-state index contributed by atoms with van der Waals surface area (Å²) >= 11 is 0. The summed E-state index contributed by atoms with van der Waals surface area (Å²) in [4.78, 5) is 11.3. The standard InChI is InChI=1S/C12H16N2O5S/c1-8(6-15)14(2)20(17,18)9-3-4-11-10(5-9)13-12(16)7-19-11/h3-5,8,15H,6-7H2,1-2H3,(H,13,16). The number of fused-ring (bicyclic) bond motifs is 1. The number of amides is 1. The molecule has 1 amide bonds. The van der Waals surface area contributed by atoms with Crippen LogP contribution >= 0.6 is 0 Å². The second kappa shape index (κ2) is 5.39. The smallest absolute Gasteiger partial charge is 0.262 e. The van der Waals surface area contributed by atoms with Crippen LogP contribution in [0.15, 0.2) is 23.1 Å². The van der Waals surface area contributed by atoms with Crippen molar-refractivity contribution in [2.45, 2.75) is 17.9 Å². The Balaban J connectivity index is 2.38. The number of hydrogen-bond donors (Lipinski definition) is 2. The van der Waals surface area contributed by atoms with Crippen LogP contribution in [-0.2, 0) is 14.8 Å². The maximum Gasteiger partial charge on any atom is 0.262 e. The van der Waals surface area contributed by atoms with Crippen molar-refractivity contribution in [3.8, 4) is 5.75 Å². The molecule has 1 aromatic rings. The van der Waals surface area contributed by atoms with E-state index in [0.717, 1.165) is 4.31 Å². The fraction of sp³-hybridized carbons (Fsp3) is 0.417. The number of benzene rings is 1. The summed E-state index contributed by atoms with van der Waals surface area (Å²) in [7, 11) is -2.34. The van der Waals surface area contributed by atoms with Gasteiger partial charge in [0.05, 0.1) is 17.2 Å². The van der Waals surface area contributed by atoms with E-state index in [-0.39, 0.29) is 24.0 Å². The maximum absolute atomic E-state index is 12.4. The minimum Gasteiger partial charge on any atom is -0.482 e. The number of anilines is 1. The highest BCUT2D eigenvalue weighted by molar-refractivity contribution is 7.89. The van der Waals surface area contributed by atoms with Gasteiger partial charge in [-0.15, -0.1) is 0 Å². The van der Waals surface area contributed by atoms with E-state index in [2.05, 4.69) is 5.32 Å². The predicted molar refractivity (Wildman–Crippen MR) is 72.1 cm³/mol. The SMILES string of the molecule is CC(CO)N(C)S(=O)(=O)c1ccc2c(c1)NC(=O)CO2. The number of carbonyl (C=O) groups excluding carboxylic acids is 1. The molecule has 0 bridgehead atoms. The number of likely N-dealkylation sites (N-methyl/N-ethyl adjacent to an activating group) is 1. The van der Waals surface area contributed by atoms with Crippen molar-refractivity contribution in [2.75, 3.05) is 25.6 Å². The fourth-order valence-electron chi connectivity index (χ4n) is 1.74. The molecular formula is C12H16N2O5S. The third-order valence-electron chi connectivity index (χ3n) is 3.15. The van der Waals surface area contributed by atoms with E-state index >= 15 is 0 Å². The van der Waals surface area contributed by atoms with Gasteiger partial charge in [0.1, 0.15) is 5.75 Å². The van der Waals surface area contributed by atoms with Gasteiger partial charge in [0.2, 0.25) is 10.0 Å². The summed E-state index contributed by atoms with van der Waals surface area (Å²) in [5, 5.41) is 11.6. The summed E-state index contributed by atoms with van der Waals surface area (Å²) in [6.45, 7) is 1.24. The third kappa shape index (κ3) is 2.62. The number of nitrogens with one attached hydrogen (secondary N) is 1. The summed E-state index contributed by atoms with van der Waals surface area (Å²) < 4.78 is 31.0. The number of carbonyl (C=O) groups is 1. The van der Waals surface area contributed by atoms with Crippen molar-refractivity contribution in [3.63, 3.8) is 0 Å². The van der Waals surface area contributed by atoms with Crippen LogP contribution in [-0.4, -0.2) is 50.0 Å². The molecule has 0 saturated heterocycles. The average Bonchev–Trinajstić information content (AvgIpc) is 2.44. The zero-order chi connectivity index (χ0) is 14.9. The number of nitrogens with zero attached hydrogens (tertiary/aromatic N) is 1. The lowest BCUT2D eigenvalue weighted by molar-refractivity contribution is -0.118. The lowest BCUT2D eigenvalue weighted by Crippen LogP contribution is -2.37. The molecule has 1 aliphatic rings. The molecule has 1 unspecified atom stereocenters. The fourth-order valence-corrected chi connectivity index (χ4v) is 3.12. The normalized spacial score (nSPS) is 16.3. The zero-order valence-corrected chi connectivity index (χ0v) is 12.0. The molecular weight excluding hydrogens is 284 g/mol. The highest BCUT2D eigenvalue weighted by Gasteiger charge is 2.27. The Labute approximate surface area is 117 Å². The van der Waals surface area contributed by atoms with E-state index in [1.165, 1.54) is 25.2 Å². The number of aliphatic hydroxyl groups excluding tert-OH is 1. The number of hydrogen-bond acceptors (Lipinski definition) is 5. The molecule has 20 heavy (non-hydrogen) atoms. The van der Waals surface area contributed by atoms with Crippen LogP contribution in [0, 0.1) is 0 Å². The summed E-state index contributed by atoms with van der Waals surface area (Å²) in [5.74, 6) is 0.102. The van der Waals surface area contributed by atoms with Gasteiger partial charge in [-0.1, -0.05) is 0 Å². The largest absolute Gasteiger partial charge is 0.482 e. The Morgan fingerprint density at radius 1 is 1.50 bits per heavy atom. The highest BCUT2D eigenvalue weighted by Crippen LogP contribution is 2.31. The van der Waals surface area contributed by atoms with Gasteiger partial charge in [-0.05, 0) is 25.1 Å². The maximum atomic E-state index is 12.4. The number of ether oxygens (including phenoxy) is 1. The van der Waals surface area contributed by atoms with Gasteiger partial charge in [-0.25, -0.2) is 8.42 Å². The van der Waals surface area contributed by atoms with Crippen LogP contribution in [0.25, 0.3) is 0 Å².